The maximum atomic E-state index is 11.9. The first kappa shape index (κ1) is 12.8. The van der Waals surface area contributed by atoms with Gasteiger partial charge in [0.05, 0.1) is 6.04 Å². The monoisotopic (exact) mass is 239 g/mol. The molecule has 1 amide bonds. The molecular formula is C13H25N3O. The summed E-state index contributed by atoms with van der Waals surface area (Å²) in [5.74, 6) is 0.751. The van der Waals surface area contributed by atoms with Crippen LogP contribution in [0.15, 0.2) is 0 Å². The number of piperidine rings is 1. The van der Waals surface area contributed by atoms with E-state index >= 15 is 0 Å². The molecule has 1 saturated carbocycles. The van der Waals surface area contributed by atoms with Gasteiger partial charge in [-0.1, -0.05) is 0 Å². The molecular weight excluding hydrogens is 214 g/mol. The summed E-state index contributed by atoms with van der Waals surface area (Å²) in [6.45, 7) is 4.71. The maximum Gasteiger partial charge on any atom is 0.239 e. The maximum absolute atomic E-state index is 11.9. The van der Waals surface area contributed by atoms with Crippen LogP contribution in [0.5, 0.6) is 0 Å². The van der Waals surface area contributed by atoms with Gasteiger partial charge >= 0.3 is 0 Å². The predicted molar refractivity (Wildman–Crippen MR) is 68.6 cm³/mol. The highest BCUT2D eigenvalue weighted by Crippen LogP contribution is 2.27. The normalized spacial score (nSPS) is 27.3. The van der Waals surface area contributed by atoms with Crippen LogP contribution >= 0.6 is 0 Å². The van der Waals surface area contributed by atoms with Crippen molar-refractivity contribution in [2.75, 3.05) is 26.7 Å². The van der Waals surface area contributed by atoms with Gasteiger partial charge in [0.2, 0.25) is 5.91 Å². The van der Waals surface area contributed by atoms with E-state index in [4.69, 9.17) is 5.73 Å². The van der Waals surface area contributed by atoms with Crippen molar-refractivity contribution in [3.05, 3.63) is 0 Å². The lowest BCUT2D eigenvalue weighted by atomic mass is 9.97. The number of nitrogens with zero attached hydrogens (tertiary/aromatic N) is 2. The zero-order valence-electron chi connectivity index (χ0n) is 11.1. The van der Waals surface area contributed by atoms with E-state index in [1.165, 1.54) is 19.3 Å². The Labute approximate surface area is 104 Å². The van der Waals surface area contributed by atoms with Crippen molar-refractivity contribution in [3.8, 4) is 0 Å². The third-order valence-corrected chi connectivity index (χ3v) is 3.94. The Morgan fingerprint density at radius 1 is 1.47 bits per heavy atom. The molecule has 4 nitrogen and oxygen atoms in total. The van der Waals surface area contributed by atoms with E-state index in [9.17, 15) is 4.79 Å². The summed E-state index contributed by atoms with van der Waals surface area (Å²) >= 11 is 0. The molecule has 1 aliphatic carbocycles. The number of carbonyl (C=O) groups excluding carboxylic acids is 1. The SMILES string of the molecule is C[C@H](N)C(=O)N1CCC[C@H](CN(C)C2CC2)C1. The summed E-state index contributed by atoms with van der Waals surface area (Å²) < 4.78 is 0. The first-order chi connectivity index (χ1) is 8.08. The largest absolute Gasteiger partial charge is 0.341 e. The van der Waals surface area contributed by atoms with Crippen LogP contribution < -0.4 is 5.73 Å². The summed E-state index contributed by atoms with van der Waals surface area (Å²) in [7, 11) is 2.21. The Morgan fingerprint density at radius 2 is 2.18 bits per heavy atom. The number of nitrogens with two attached hydrogens (primary N) is 1. The number of likely N-dealkylation sites (tertiary alicyclic amines) is 1. The quantitative estimate of drug-likeness (QED) is 0.784. The van der Waals surface area contributed by atoms with E-state index in [0.717, 1.165) is 32.1 Å². The van der Waals surface area contributed by atoms with Crippen LogP contribution in [0.3, 0.4) is 0 Å². The van der Waals surface area contributed by atoms with Crippen molar-refractivity contribution in [2.24, 2.45) is 11.7 Å². The highest BCUT2D eigenvalue weighted by Gasteiger charge is 2.30. The summed E-state index contributed by atoms with van der Waals surface area (Å²) in [5, 5.41) is 0. The van der Waals surface area contributed by atoms with Gasteiger partial charge in [-0.15, -0.1) is 0 Å². The minimum absolute atomic E-state index is 0.115. The minimum atomic E-state index is -0.352. The number of hydrogen-bond donors (Lipinski definition) is 1. The molecule has 2 atom stereocenters. The van der Waals surface area contributed by atoms with Gasteiger partial charge < -0.3 is 15.5 Å². The highest BCUT2D eigenvalue weighted by molar-refractivity contribution is 5.81. The van der Waals surface area contributed by atoms with E-state index in [2.05, 4.69) is 11.9 Å². The molecule has 0 aromatic carbocycles. The van der Waals surface area contributed by atoms with Gasteiger partial charge in [-0.05, 0) is 45.6 Å². The Bertz CT molecular complexity index is 276. The van der Waals surface area contributed by atoms with Crippen LogP contribution in [0.25, 0.3) is 0 Å². The molecule has 0 bridgehead atoms. The van der Waals surface area contributed by atoms with Gasteiger partial charge in [-0.3, -0.25) is 4.79 Å². The molecule has 0 aromatic heterocycles. The van der Waals surface area contributed by atoms with Crippen LogP contribution in [-0.4, -0.2) is 54.5 Å². The van der Waals surface area contributed by atoms with Crippen molar-refractivity contribution in [1.82, 2.24) is 9.80 Å². The fraction of sp³-hybridized carbons (Fsp3) is 0.923. The second kappa shape index (κ2) is 5.36. The summed E-state index contributed by atoms with van der Waals surface area (Å²) in [4.78, 5) is 16.3. The summed E-state index contributed by atoms with van der Waals surface area (Å²) in [6.07, 6.45) is 5.08. The number of amides is 1. The van der Waals surface area contributed by atoms with Crippen LogP contribution in [0.1, 0.15) is 32.6 Å². The van der Waals surface area contributed by atoms with Crippen molar-refractivity contribution < 1.29 is 4.79 Å². The molecule has 1 aliphatic heterocycles. The fourth-order valence-corrected chi connectivity index (χ4v) is 2.77. The Balaban J connectivity index is 1.81. The van der Waals surface area contributed by atoms with Gasteiger partial charge in [-0.25, -0.2) is 0 Å². The van der Waals surface area contributed by atoms with Crippen LogP contribution in [0.2, 0.25) is 0 Å². The second-order valence-electron chi connectivity index (χ2n) is 5.75. The molecule has 0 spiro atoms. The van der Waals surface area contributed by atoms with Gasteiger partial charge in [0.25, 0.3) is 0 Å². The number of hydrogen-bond acceptors (Lipinski definition) is 3. The predicted octanol–water partition coefficient (Wildman–Crippen LogP) is 0.666. The first-order valence-electron chi connectivity index (χ1n) is 6.82. The van der Waals surface area contributed by atoms with E-state index in [-0.39, 0.29) is 11.9 Å². The molecule has 0 radical (unpaired) electrons. The molecule has 98 valence electrons. The topological polar surface area (TPSA) is 49.6 Å². The smallest absolute Gasteiger partial charge is 0.239 e. The fourth-order valence-electron chi connectivity index (χ4n) is 2.77. The Kier molecular flexibility index (Phi) is 4.05. The lowest BCUT2D eigenvalue weighted by molar-refractivity contribution is -0.134. The van der Waals surface area contributed by atoms with E-state index < -0.39 is 0 Å². The van der Waals surface area contributed by atoms with Crippen LogP contribution in [-0.2, 0) is 4.79 Å². The zero-order chi connectivity index (χ0) is 12.4. The Hall–Kier alpha value is -0.610. The molecule has 17 heavy (non-hydrogen) atoms. The van der Waals surface area contributed by atoms with Crippen molar-refractivity contribution >= 4 is 5.91 Å². The van der Waals surface area contributed by atoms with E-state index in [0.29, 0.717) is 5.92 Å². The summed E-state index contributed by atoms with van der Waals surface area (Å²) in [6, 6.07) is 0.462. The van der Waals surface area contributed by atoms with E-state index in [1.807, 2.05) is 4.90 Å². The van der Waals surface area contributed by atoms with Crippen molar-refractivity contribution in [2.45, 2.75) is 44.7 Å². The second-order valence-corrected chi connectivity index (χ2v) is 5.75. The molecule has 2 N–H and O–H groups in total. The van der Waals surface area contributed by atoms with Crippen LogP contribution in [0, 0.1) is 5.92 Å². The van der Waals surface area contributed by atoms with Crippen molar-refractivity contribution in [3.63, 3.8) is 0 Å². The summed E-state index contributed by atoms with van der Waals surface area (Å²) in [5.41, 5.74) is 5.67. The third-order valence-electron chi connectivity index (χ3n) is 3.94. The number of rotatable bonds is 4. The molecule has 0 aromatic rings. The van der Waals surface area contributed by atoms with Gasteiger partial charge in [0, 0.05) is 25.7 Å². The van der Waals surface area contributed by atoms with Crippen molar-refractivity contribution in [1.29, 1.82) is 0 Å². The molecule has 0 unspecified atom stereocenters. The molecule has 2 aliphatic rings. The highest BCUT2D eigenvalue weighted by atomic mass is 16.2. The van der Waals surface area contributed by atoms with Gasteiger partial charge in [-0.2, -0.15) is 0 Å². The molecule has 4 heteroatoms. The minimum Gasteiger partial charge on any atom is -0.341 e. The molecule has 1 heterocycles. The van der Waals surface area contributed by atoms with Crippen LogP contribution in [0.4, 0.5) is 0 Å². The molecule has 2 rings (SSSR count). The van der Waals surface area contributed by atoms with E-state index in [1.54, 1.807) is 6.92 Å². The average Bonchev–Trinajstić information content (AvgIpc) is 3.12. The molecule has 2 fully saturated rings. The zero-order valence-corrected chi connectivity index (χ0v) is 11.1. The lowest BCUT2D eigenvalue weighted by Gasteiger charge is -2.35. The average molecular weight is 239 g/mol. The van der Waals surface area contributed by atoms with Gasteiger partial charge in [0.15, 0.2) is 0 Å². The lowest BCUT2D eigenvalue weighted by Crippen LogP contribution is -2.48. The first-order valence-corrected chi connectivity index (χ1v) is 6.82. The number of carbonyl (C=O) groups is 1. The Morgan fingerprint density at radius 3 is 2.76 bits per heavy atom. The van der Waals surface area contributed by atoms with Gasteiger partial charge in [0.1, 0.15) is 0 Å². The molecule has 1 saturated heterocycles. The third kappa shape index (κ3) is 3.42. The standard InChI is InChI=1S/C13H25N3O/c1-10(14)13(17)16-7-3-4-11(9-16)8-15(2)12-5-6-12/h10-12H,3-9,14H2,1-2H3/t10-,11+/m0/s1.